The van der Waals surface area contributed by atoms with Crippen LogP contribution in [-0.4, -0.2) is 25.8 Å². The summed E-state index contributed by atoms with van der Waals surface area (Å²) in [5, 5.41) is 3.59. The van der Waals surface area contributed by atoms with Gasteiger partial charge in [0.1, 0.15) is 0 Å². The van der Waals surface area contributed by atoms with E-state index in [-0.39, 0.29) is 0 Å². The van der Waals surface area contributed by atoms with Crippen LogP contribution >= 0.6 is 0 Å². The Bertz CT molecular complexity index is 123. The van der Waals surface area contributed by atoms with E-state index in [1.54, 1.807) is 7.11 Å². The maximum Gasteiger partial charge on any atom is 0.0618 e. The van der Waals surface area contributed by atoms with Crippen molar-refractivity contribution in [3.05, 3.63) is 0 Å². The van der Waals surface area contributed by atoms with E-state index < -0.39 is 0 Å². The van der Waals surface area contributed by atoms with E-state index in [0.717, 1.165) is 6.61 Å². The van der Waals surface area contributed by atoms with Gasteiger partial charge in [-0.3, -0.25) is 0 Å². The third-order valence-electron chi connectivity index (χ3n) is 2.63. The summed E-state index contributed by atoms with van der Waals surface area (Å²) in [5.41, 5.74) is 0. The molecule has 1 N–H and O–H groups in total. The van der Waals surface area contributed by atoms with Gasteiger partial charge in [0.25, 0.3) is 0 Å². The molecule has 0 saturated heterocycles. The summed E-state index contributed by atoms with van der Waals surface area (Å²) in [5.74, 6) is 1.30. The van der Waals surface area contributed by atoms with E-state index in [0.29, 0.717) is 23.9 Å². The second kappa shape index (κ2) is 6.39. The average Bonchev–Trinajstić information content (AvgIpc) is 2.03. The van der Waals surface area contributed by atoms with Crippen LogP contribution in [0.25, 0.3) is 0 Å². The van der Waals surface area contributed by atoms with Crippen LogP contribution in [0.2, 0.25) is 0 Å². The van der Waals surface area contributed by atoms with Gasteiger partial charge in [-0.15, -0.1) is 0 Å². The van der Waals surface area contributed by atoms with Crippen LogP contribution in [0.1, 0.15) is 34.6 Å². The Morgan fingerprint density at radius 2 is 1.54 bits per heavy atom. The molecule has 0 radical (unpaired) electrons. The second-order valence-electron chi connectivity index (χ2n) is 4.51. The molecular formula is C11H25NO. The molecule has 0 heterocycles. The van der Waals surface area contributed by atoms with Crippen LogP contribution < -0.4 is 5.32 Å². The SMILES string of the molecule is COCC(NC(C)C(C)C)C(C)C. The molecule has 0 aliphatic heterocycles. The van der Waals surface area contributed by atoms with Crippen LogP contribution in [-0.2, 0) is 4.74 Å². The van der Waals surface area contributed by atoms with Gasteiger partial charge in [0.2, 0.25) is 0 Å². The molecule has 0 bridgehead atoms. The summed E-state index contributed by atoms with van der Waals surface area (Å²) >= 11 is 0. The molecule has 0 aliphatic rings. The molecule has 0 rings (SSSR count). The van der Waals surface area contributed by atoms with Gasteiger partial charge in [0, 0.05) is 19.2 Å². The van der Waals surface area contributed by atoms with E-state index in [1.807, 2.05) is 0 Å². The number of hydrogen-bond acceptors (Lipinski definition) is 2. The molecule has 2 nitrogen and oxygen atoms in total. The number of ether oxygens (including phenoxy) is 1. The minimum atomic E-state index is 0.474. The quantitative estimate of drug-likeness (QED) is 0.689. The second-order valence-corrected chi connectivity index (χ2v) is 4.51. The summed E-state index contributed by atoms with van der Waals surface area (Å²) < 4.78 is 5.18. The molecule has 2 unspecified atom stereocenters. The summed E-state index contributed by atoms with van der Waals surface area (Å²) in [6.07, 6.45) is 0. The van der Waals surface area contributed by atoms with Crippen molar-refractivity contribution >= 4 is 0 Å². The number of rotatable bonds is 6. The minimum absolute atomic E-state index is 0.474. The van der Waals surface area contributed by atoms with E-state index in [4.69, 9.17) is 4.74 Å². The van der Waals surface area contributed by atoms with Gasteiger partial charge in [0.05, 0.1) is 6.61 Å². The van der Waals surface area contributed by atoms with E-state index in [1.165, 1.54) is 0 Å². The fraction of sp³-hybridized carbons (Fsp3) is 1.00. The van der Waals surface area contributed by atoms with Crippen molar-refractivity contribution in [2.75, 3.05) is 13.7 Å². The first-order valence-corrected chi connectivity index (χ1v) is 5.24. The molecule has 0 amide bonds. The molecule has 0 aromatic heterocycles. The maximum atomic E-state index is 5.18. The summed E-state index contributed by atoms with van der Waals surface area (Å²) in [7, 11) is 1.76. The van der Waals surface area contributed by atoms with Crippen LogP contribution in [0, 0.1) is 11.8 Å². The fourth-order valence-electron chi connectivity index (χ4n) is 1.14. The fourth-order valence-corrected chi connectivity index (χ4v) is 1.14. The van der Waals surface area contributed by atoms with Gasteiger partial charge >= 0.3 is 0 Å². The zero-order valence-corrected chi connectivity index (χ0v) is 9.92. The molecule has 0 aromatic carbocycles. The van der Waals surface area contributed by atoms with Crippen molar-refractivity contribution in [1.82, 2.24) is 5.32 Å². The molecule has 0 spiro atoms. The maximum absolute atomic E-state index is 5.18. The van der Waals surface area contributed by atoms with Crippen molar-refractivity contribution < 1.29 is 4.74 Å². The van der Waals surface area contributed by atoms with Gasteiger partial charge in [0.15, 0.2) is 0 Å². The first-order valence-electron chi connectivity index (χ1n) is 5.24. The molecule has 2 heteroatoms. The topological polar surface area (TPSA) is 21.3 Å². The summed E-state index contributed by atoms with van der Waals surface area (Å²) in [6.45, 7) is 12.0. The lowest BCUT2D eigenvalue weighted by Crippen LogP contribution is -2.44. The molecular weight excluding hydrogens is 162 g/mol. The highest BCUT2D eigenvalue weighted by Gasteiger charge is 2.16. The van der Waals surface area contributed by atoms with E-state index >= 15 is 0 Å². The molecule has 0 aliphatic carbocycles. The van der Waals surface area contributed by atoms with Crippen molar-refractivity contribution in [3.63, 3.8) is 0 Å². The van der Waals surface area contributed by atoms with Crippen molar-refractivity contribution in [1.29, 1.82) is 0 Å². The molecule has 13 heavy (non-hydrogen) atoms. The van der Waals surface area contributed by atoms with Gasteiger partial charge in [-0.05, 0) is 18.8 Å². The molecule has 0 saturated carbocycles. The number of methoxy groups -OCH3 is 1. The Hall–Kier alpha value is -0.0800. The van der Waals surface area contributed by atoms with Gasteiger partial charge < -0.3 is 10.1 Å². The molecule has 80 valence electrons. The first kappa shape index (κ1) is 12.9. The highest BCUT2D eigenvalue weighted by Crippen LogP contribution is 2.07. The van der Waals surface area contributed by atoms with Crippen molar-refractivity contribution in [2.45, 2.75) is 46.7 Å². The van der Waals surface area contributed by atoms with Crippen LogP contribution in [0.3, 0.4) is 0 Å². The van der Waals surface area contributed by atoms with Crippen molar-refractivity contribution in [3.8, 4) is 0 Å². The third-order valence-corrected chi connectivity index (χ3v) is 2.63. The predicted molar refractivity (Wildman–Crippen MR) is 57.9 cm³/mol. The largest absolute Gasteiger partial charge is 0.383 e. The molecule has 0 fully saturated rings. The van der Waals surface area contributed by atoms with Gasteiger partial charge in [-0.25, -0.2) is 0 Å². The lowest BCUT2D eigenvalue weighted by Gasteiger charge is -2.27. The highest BCUT2D eigenvalue weighted by molar-refractivity contribution is 4.75. The molecule has 2 atom stereocenters. The number of nitrogens with one attached hydrogen (secondary N) is 1. The zero-order valence-electron chi connectivity index (χ0n) is 9.92. The predicted octanol–water partition coefficient (Wildman–Crippen LogP) is 2.29. The Labute approximate surface area is 83.1 Å². The zero-order chi connectivity index (χ0) is 10.4. The van der Waals surface area contributed by atoms with Crippen LogP contribution in [0.4, 0.5) is 0 Å². The lowest BCUT2D eigenvalue weighted by molar-refractivity contribution is 0.137. The van der Waals surface area contributed by atoms with Gasteiger partial charge in [-0.1, -0.05) is 27.7 Å². The first-order chi connectivity index (χ1) is 5.99. The normalized spacial score (nSPS) is 16.6. The van der Waals surface area contributed by atoms with E-state index in [2.05, 4.69) is 39.9 Å². The average molecular weight is 187 g/mol. The summed E-state index contributed by atoms with van der Waals surface area (Å²) in [4.78, 5) is 0. The van der Waals surface area contributed by atoms with Crippen LogP contribution in [0.15, 0.2) is 0 Å². The Kier molecular flexibility index (Phi) is 6.35. The molecule has 0 aromatic rings. The monoisotopic (exact) mass is 187 g/mol. The van der Waals surface area contributed by atoms with Crippen LogP contribution in [0.5, 0.6) is 0 Å². The van der Waals surface area contributed by atoms with Gasteiger partial charge in [-0.2, -0.15) is 0 Å². The number of hydrogen-bond donors (Lipinski definition) is 1. The smallest absolute Gasteiger partial charge is 0.0618 e. The Morgan fingerprint density at radius 1 is 1.00 bits per heavy atom. The van der Waals surface area contributed by atoms with Crippen molar-refractivity contribution in [2.24, 2.45) is 11.8 Å². The minimum Gasteiger partial charge on any atom is -0.383 e. The van der Waals surface area contributed by atoms with E-state index in [9.17, 15) is 0 Å². The summed E-state index contributed by atoms with van der Waals surface area (Å²) in [6, 6.07) is 1.03. The Balaban J connectivity index is 3.94. The highest BCUT2D eigenvalue weighted by atomic mass is 16.5. The lowest BCUT2D eigenvalue weighted by atomic mass is 10.0. The standard InChI is InChI=1S/C11H25NO/c1-8(2)10(5)12-11(7-13-6)9(3)4/h8-12H,7H2,1-6H3. The Morgan fingerprint density at radius 3 is 1.85 bits per heavy atom. The third kappa shape index (κ3) is 5.27.